The quantitative estimate of drug-likeness (QED) is 0.631. The Morgan fingerprint density at radius 1 is 1.50 bits per heavy atom. The number of rotatable bonds is 4. The lowest BCUT2D eigenvalue weighted by atomic mass is 10.2. The zero-order valence-electron chi connectivity index (χ0n) is 11.3. The predicted molar refractivity (Wildman–Crippen MR) is 75.4 cm³/mol. The maximum Gasteiger partial charge on any atom is 0.333 e. The van der Waals surface area contributed by atoms with Crippen molar-refractivity contribution < 1.29 is 13.9 Å². The van der Waals surface area contributed by atoms with Crippen LogP contribution in [0.5, 0.6) is 0 Å². The number of cyclic esters (lactones) is 1. The summed E-state index contributed by atoms with van der Waals surface area (Å²) in [5.74, 6) is -0.420. The standard InChI is InChI=1S/C12H10ClFN2O2.C2H6/c13-11-2-1-9(6-15-11)7-16(4-3-14)10-5-12(17)18-8-10;1-2/h1-6H,7-8H2;1-2H3/b4-3+;. The van der Waals surface area contributed by atoms with Crippen molar-refractivity contribution in [2.24, 2.45) is 0 Å². The third-order valence-corrected chi connectivity index (χ3v) is 2.62. The molecule has 108 valence electrons. The highest BCUT2D eigenvalue weighted by Gasteiger charge is 2.18. The van der Waals surface area contributed by atoms with Crippen LogP contribution in [0.4, 0.5) is 4.39 Å². The smallest absolute Gasteiger partial charge is 0.333 e. The van der Waals surface area contributed by atoms with Gasteiger partial charge >= 0.3 is 5.97 Å². The third-order valence-electron chi connectivity index (χ3n) is 2.39. The molecule has 6 heteroatoms. The summed E-state index contributed by atoms with van der Waals surface area (Å²) in [7, 11) is 0. The van der Waals surface area contributed by atoms with Crippen molar-refractivity contribution in [3.05, 3.63) is 53.3 Å². The van der Waals surface area contributed by atoms with E-state index in [1.165, 1.54) is 12.3 Å². The Hall–Kier alpha value is -1.88. The molecule has 0 fully saturated rings. The molecule has 20 heavy (non-hydrogen) atoms. The Bertz CT molecular complexity index is 500. The molecule has 1 aliphatic heterocycles. The van der Waals surface area contributed by atoms with Crippen LogP contribution >= 0.6 is 11.6 Å². The van der Waals surface area contributed by atoms with Crippen LogP contribution in [0.15, 0.2) is 42.6 Å². The maximum atomic E-state index is 12.3. The summed E-state index contributed by atoms with van der Waals surface area (Å²) in [6, 6.07) is 3.44. The first-order valence-corrected chi connectivity index (χ1v) is 6.58. The van der Waals surface area contributed by atoms with Gasteiger partial charge in [0.2, 0.25) is 0 Å². The molecule has 0 amide bonds. The number of carbonyl (C=O) groups excluding carboxylic acids is 1. The highest BCUT2D eigenvalue weighted by Crippen LogP contribution is 2.17. The number of hydrogen-bond acceptors (Lipinski definition) is 4. The molecule has 0 atom stereocenters. The van der Waals surface area contributed by atoms with E-state index in [1.54, 1.807) is 23.2 Å². The fraction of sp³-hybridized carbons (Fsp3) is 0.286. The maximum absolute atomic E-state index is 12.3. The van der Waals surface area contributed by atoms with Crippen molar-refractivity contribution in [3.63, 3.8) is 0 Å². The number of pyridine rings is 1. The fourth-order valence-electron chi connectivity index (χ4n) is 1.54. The molecule has 0 aliphatic carbocycles. The van der Waals surface area contributed by atoms with Crippen molar-refractivity contribution >= 4 is 17.6 Å². The molecule has 2 rings (SSSR count). The molecule has 0 unspecified atom stereocenters. The lowest BCUT2D eigenvalue weighted by Gasteiger charge is -2.19. The molecule has 0 bridgehead atoms. The monoisotopic (exact) mass is 298 g/mol. The molecule has 0 saturated carbocycles. The van der Waals surface area contributed by atoms with Crippen molar-refractivity contribution in [2.45, 2.75) is 20.4 Å². The number of nitrogens with zero attached hydrogens (tertiary/aromatic N) is 2. The van der Waals surface area contributed by atoms with E-state index in [0.717, 1.165) is 5.56 Å². The van der Waals surface area contributed by atoms with Gasteiger partial charge < -0.3 is 9.64 Å². The topological polar surface area (TPSA) is 42.4 Å². The summed E-state index contributed by atoms with van der Waals surface area (Å²) >= 11 is 5.68. The molecule has 2 heterocycles. The number of ether oxygens (including phenoxy) is 1. The van der Waals surface area contributed by atoms with Gasteiger partial charge in [-0.25, -0.2) is 14.2 Å². The summed E-state index contributed by atoms with van der Waals surface area (Å²) in [5.41, 5.74) is 1.45. The molecule has 0 aromatic carbocycles. The van der Waals surface area contributed by atoms with Crippen LogP contribution in [0, 0.1) is 0 Å². The van der Waals surface area contributed by atoms with Crippen molar-refractivity contribution in [2.75, 3.05) is 6.61 Å². The zero-order chi connectivity index (χ0) is 15.0. The summed E-state index contributed by atoms with van der Waals surface area (Å²) in [6.07, 6.45) is 4.58. The molecule has 4 nitrogen and oxygen atoms in total. The SMILES string of the molecule is CC.O=C1C=C(N(/C=C/F)Cc2ccc(Cl)nc2)CO1. The van der Waals surface area contributed by atoms with E-state index in [1.807, 2.05) is 13.8 Å². The first kappa shape index (κ1) is 16.2. The molecule has 1 aromatic rings. The number of hydrogen-bond donors (Lipinski definition) is 0. The van der Waals surface area contributed by atoms with E-state index in [4.69, 9.17) is 16.3 Å². The van der Waals surface area contributed by atoms with Crippen LogP contribution < -0.4 is 0 Å². The minimum atomic E-state index is -0.420. The second kappa shape index (κ2) is 8.32. The Labute approximate surface area is 122 Å². The minimum Gasteiger partial charge on any atom is -0.456 e. The normalized spacial score (nSPS) is 13.6. The number of aromatic nitrogens is 1. The number of halogens is 2. The Morgan fingerprint density at radius 2 is 2.25 bits per heavy atom. The van der Waals surface area contributed by atoms with Gasteiger partial charge in [0.25, 0.3) is 0 Å². The van der Waals surface area contributed by atoms with Crippen LogP contribution in [0.3, 0.4) is 0 Å². The Kier molecular flexibility index (Phi) is 6.73. The average Bonchev–Trinajstić information content (AvgIpc) is 2.89. The van der Waals surface area contributed by atoms with Gasteiger partial charge in [0.05, 0.1) is 5.70 Å². The van der Waals surface area contributed by atoms with Crippen molar-refractivity contribution in [3.8, 4) is 0 Å². The Morgan fingerprint density at radius 3 is 2.75 bits per heavy atom. The molecule has 1 aliphatic rings. The lowest BCUT2D eigenvalue weighted by Crippen LogP contribution is -2.17. The average molecular weight is 299 g/mol. The highest BCUT2D eigenvalue weighted by molar-refractivity contribution is 6.29. The van der Waals surface area contributed by atoms with Crippen molar-refractivity contribution in [1.82, 2.24) is 9.88 Å². The lowest BCUT2D eigenvalue weighted by molar-refractivity contribution is -0.135. The van der Waals surface area contributed by atoms with E-state index in [-0.39, 0.29) is 6.61 Å². The summed E-state index contributed by atoms with van der Waals surface area (Å²) in [6.45, 7) is 4.53. The molecule has 0 radical (unpaired) electrons. The first-order valence-electron chi connectivity index (χ1n) is 6.20. The van der Waals surface area contributed by atoms with Gasteiger partial charge in [0, 0.05) is 25.0 Å². The summed E-state index contributed by atoms with van der Waals surface area (Å²) in [4.78, 5) is 16.5. The largest absolute Gasteiger partial charge is 0.456 e. The van der Waals surface area contributed by atoms with Crippen molar-refractivity contribution in [1.29, 1.82) is 0 Å². The van der Waals surface area contributed by atoms with Gasteiger partial charge in [0.15, 0.2) is 0 Å². The number of esters is 1. The van der Waals surface area contributed by atoms with Gasteiger partial charge in [0.1, 0.15) is 18.1 Å². The van der Waals surface area contributed by atoms with Crippen LogP contribution in [-0.4, -0.2) is 22.5 Å². The third kappa shape index (κ3) is 4.66. The first-order chi connectivity index (χ1) is 9.69. The van der Waals surface area contributed by atoms with Crippen LogP contribution in [-0.2, 0) is 16.1 Å². The molecule has 0 spiro atoms. The summed E-state index contributed by atoms with van der Waals surface area (Å²) in [5, 5.41) is 0.393. The summed E-state index contributed by atoms with van der Waals surface area (Å²) < 4.78 is 17.1. The predicted octanol–water partition coefficient (Wildman–Crippen LogP) is 3.44. The van der Waals surface area contributed by atoms with E-state index < -0.39 is 5.97 Å². The second-order valence-corrected chi connectivity index (χ2v) is 4.02. The van der Waals surface area contributed by atoms with Crippen LogP contribution in [0.1, 0.15) is 19.4 Å². The van der Waals surface area contributed by atoms with E-state index >= 15 is 0 Å². The second-order valence-electron chi connectivity index (χ2n) is 3.64. The van der Waals surface area contributed by atoms with E-state index in [9.17, 15) is 9.18 Å². The minimum absolute atomic E-state index is 0.143. The Balaban J connectivity index is 0.000000956. The number of carbonyl (C=O) groups is 1. The van der Waals surface area contributed by atoms with E-state index in [2.05, 4.69) is 4.98 Å². The van der Waals surface area contributed by atoms with E-state index in [0.29, 0.717) is 23.7 Å². The zero-order valence-corrected chi connectivity index (χ0v) is 12.1. The molecular weight excluding hydrogens is 283 g/mol. The van der Waals surface area contributed by atoms with Crippen LogP contribution in [0.25, 0.3) is 0 Å². The van der Waals surface area contributed by atoms with Gasteiger partial charge in [-0.3, -0.25) is 0 Å². The van der Waals surface area contributed by atoms with Gasteiger partial charge in [-0.15, -0.1) is 0 Å². The molecule has 0 saturated heterocycles. The van der Waals surface area contributed by atoms with Crippen LogP contribution in [0.2, 0.25) is 5.15 Å². The molecule has 1 aromatic heterocycles. The highest BCUT2D eigenvalue weighted by atomic mass is 35.5. The molecular formula is C14H16ClFN2O2. The fourth-order valence-corrected chi connectivity index (χ4v) is 1.66. The van der Waals surface area contributed by atoms with Gasteiger partial charge in [-0.1, -0.05) is 31.5 Å². The molecule has 0 N–H and O–H groups in total. The van der Waals surface area contributed by atoms with Gasteiger partial charge in [-0.05, 0) is 11.6 Å². The van der Waals surface area contributed by atoms with Gasteiger partial charge in [-0.2, -0.15) is 0 Å².